The number of nitrogens with one attached hydrogen (secondary N) is 1. The number of hydrogen-bond acceptors (Lipinski definition) is 4. The van der Waals surface area contributed by atoms with Gasteiger partial charge in [0, 0.05) is 30.7 Å². The maximum atomic E-state index is 11.8. The molecular weight excluding hydrogens is 282 g/mol. The van der Waals surface area contributed by atoms with E-state index in [0.717, 1.165) is 18.5 Å². The molecule has 0 saturated heterocycles. The number of nitrogens with zero attached hydrogens (tertiary/aromatic N) is 1. The van der Waals surface area contributed by atoms with Gasteiger partial charge in [-0.25, -0.2) is 0 Å². The Labute approximate surface area is 128 Å². The Morgan fingerprint density at radius 2 is 2.33 bits per heavy atom. The van der Waals surface area contributed by atoms with Crippen LogP contribution in [-0.4, -0.2) is 19.5 Å². The van der Waals surface area contributed by atoms with Crippen molar-refractivity contribution >= 4 is 22.9 Å². The zero-order valence-electron chi connectivity index (χ0n) is 12.0. The molecule has 1 atom stereocenters. The van der Waals surface area contributed by atoms with Crippen LogP contribution in [-0.2, 0) is 17.8 Å². The second kappa shape index (κ2) is 5.87. The molecule has 21 heavy (non-hydrogen) atoms. The van der Waals surface area contributed by atoms with E-state index in [0.29, 0.717) is 6.54 Å². The van der Waals surface area contributed by atoms with E-state index in [1.54, 1.807) is 11.3 Å². The number of benzene rings is 1. The summed E-state index contributed by atoms with van der Waals surface area (Å²) < 4.78 is 0. The average Bonchev–Trinajstić information content (AvgIpc) is 3.09. The summed E-state index contributed by atoms with van der Waals surface area (Å²) in [5.74, 6) is -0.335. The Hall–Kier alpha value is -1.85. The highest BCUT2D eigenvalue weighted by Gasteiger charge is 2.21. The summed E-state index contributed by atoms with van der Waals surface area (Å²) in [6.07, 6.45) is 1.02. The number of carbonyl (C=O) groups excluding carboxylic acids is 1. The van der Waals surface area contributed by atoms with Crippen molar-refractivity contribution in [2.75, 3.05) is 18.5 Å². The van der Waals surface area contributed by atoms with E-state index in [9.17, 15) is 4.79 Å². The SMILES string of the molecule is CN1CCc2cc(C(NCc3cccs3)C(N)=O)ccc21. The quantitative estimate of drug-likeness (QED) is 0.889. The number of rotatable bonds is 5. The van der Waals surface area contributed by atoms with Crippen molar-refractivity contribution in [3.05, 3.63) is 51.7 Å². The fourth-order valence-electron chi connectivity index (χ4n) is 2.76. The molecule has 0 bridgehead atoms. The third-order valence-corrected chi connectivity index (χ3v) is 4.79. The van der Waals surface area contributed by atoms with Crippen LogP contribution in [0.3, 0.4) is 0 Å². The predicted molar refractivity (Wildman–Crippen MR) is 86.5 cm³/mol. The fourth-order valence-corrected chi connectivity index (χ4v) is 3.42. The molecule has 2 heterocycles. The summed E-state index contributed by atoms with van der Waals surface area (Å²) in [6.45, 7) is 1.69. The lowest BCUT2D eigenvalue weighted by Gasteiger charge is -2.17. The lowest BCUT2D eigenvalue weighted by Crippen LogP contribution is -2.33. The average molecular weight is 301 g/mol. The largest absolute Gasteiger partial charge is 0.374 e. The zero-order chi connectivity index (χ0) is 14.8. The Kier molecular flexibility index (Phi) is 3.94. The van der Waals surface area contributed by atoms with Crippen molar-refractivity contribution < 1.29 is 4.79 Å². The van der Waals surface area contributed by atoms with Crippen LogP contribution in [0.1, 0.15) is 22.0 Å². The fraction of sp³-hybridized carbons (Fsp3) is 0.312. The van der Waals surface area contributed by atoms with E-state index in [1.807, 2.05) is 23.6 Å². The summed E-state index contributed by atoms with van der Waals surface area (Å²) in [5, 5.41) is 5.29. The topological polar surface area (TPSA) is 58.4 Å². The monoisotopic (exact) mass is 301 g/mol. The molecule has 3 rings (SSSR count). The Balaban J connectivity index is 1.79. The molecule has 0 radical (unpaired) electrons. The van der Waals surface area contributed by atoms with Gasteiger partial charge in [0.2, 0.25) is 5.91 Å². The van der Waals surface area contributed by atoms with Crippen molar-refractivity contribution in [1.82, 2.24) is 5.32 Å². The molecule has 0 fully saturated rings. The van der Waals surface area contributed by atoms with Crippen molar-refractivity contribution in [3.63, 3.8) is 0 Å². The molecule has 3 N–H and O–H groups in total. The number of amides is 1. The first-order chi connectivity index (χ1) is 10.1. The molecule has 2 aromatic rings. The zero-order valence-corrected chi connectivity index (χ0v) is 12.8. The molecule has 0 spiro atoms. The van der Waals surface area contributed by atoms with Gasteiger partial charge in [-0.15, -0.1) is 11.3 Å². The van der Waals surface area contributed by atoms with Gasteiger partial charge >= 0.3 is 0 Å². The lowest BCUT2D eigenvalue weighted by molar-refractivity contribution is -0.120. The van der Waals surface area contributed by atoms with E-state index < -0.39 is 6.04 Å². The van der Waals surface area contributed by atoms with Crippen molar-refractivity contribution in [1.29, 1.82) is 0 Å². The summed E-state index contributed by atoms with van der Waals surface area (Å²) in [5.41, 5.74) is 9.07. The van der Waals surface area contributed by atoms with Gasteiger partial charge in [-0.3, -0.25) is 10.1 Å². The maximum absolute atomic E-state index is 11.8. The second-order valence-electron chi connectivity index (χ2n) is 5.36. The van der Waals surface area contributed by atoms with Crippen LogP contribution >= 0.6 is 11.3 Å². The first-order valence-corrected chi connectivity index (χ1v) is 7.92. The number of thiophene rings is 1. The van der Waals surface area contributed by atoms with Crippen LogP contribution in [0.2, 0.25) is 0 Å². The van der Waals surface area contributed by atoms with Crippen molar-refractivity contribution in [2.45, 2.75) is 19.0 Å². The normalized spacial score (nSPS) is 15.0. The second-order valence-corrected chi connectivity index (χ2v) is 6.39. The first kappa shape index (κ1) is 14.1. The van der Waals surface area contributed by atoms with Gasteiger partial charge in [-0.05, 0) is 35.1 Å². The highest BCUT2D eigenvalue weighted by Crippen LogP contribution is 2.29. The Morgan fingerprint density at radius 3 is 3.05 bits per heavy atom. The lowest BCUT2D eigenvalue weighted by atomic mass is 10.0. The Morgan fingerprint density at radius 1 is 1.48 bits per heavy atom. The van der Waals surface area contributed by atoms with E-state index in [2.05, 4.69) is 29.4 Å². The number of primary amides is 1. The number of fused-ring (bicyclic) bond motifs is 1. The third kappa shape index (κ3) is 2.94. The number of carbonyl (C=O) groups is 1. The molecule has 0 saturated carbocycles. The molecule has 4 nitrogen and oxygen atoms in total. The van der Waals surface area contributed by atoms with E-state index in [-0.39, 0.29) is 5.91 Å². The Bertz CT molecular complexity index is 639. The van der Waals surface area contributed by atoms with Crippen LogP contribution in [0.15, 0.2) is 35.7 Å². The van der Waals surface area contributed by atoms with Gasteiger partial charge in [-0.2, -0.15) is 0 Å². The number of likely N-dealkylation sites (N-methyl/N-ethyl adjacent to an activating group) is 1. The minimum absolute atomic E-state index is 0.335. The molecule has 1 aromatic heterocycles. The van der Waals surface area contributed by atoms with Crippen LogP contribution in [0, 0.1) is 0 Å². The van der Waals surface area contributed by atoms with Crippen LogP contribution in [0.5, 0.6) is 0 Å². The summed E-state index contributed by atoms with van der Waals surface area (Å²) >= 11 is 1.67. The van der Waals surface area contributed by atoms with Crippen molar-refractivity contribution in [2.24, 2.45) is 5.73 Å². The van der Waals surface area contributed by atoms with E-state index in [1.165, 1.54) is 16.1 Å². The highest BCUT2D eigenvalue weighted by atomic mass is 32.1. The van der Waals surface area contributed by atoms with Gasteiger partial charge in [-0.1, -0.05) is 18.2 Å². The van der Waals surface area contributed by atoms with Crippen LogP contribution in [0.4, 0.5) is 5.69 Å². The van der Waals surface area contributed by atoms with Gasteiger partial charge in [0.15, 0.2) is 0 Å². The summed E-state index contributed by atoms with van der Waals surface area (Å²) in [6, 6.07) is 9.80. The van der Waals surface area contributed by atoms with Crippen molar-refractivity contribution in [3.8, 4) is 0 Å². The highest BCUT2D eigenvalue weighted by molar-refractivity contribution is 7.09. The maximum Gasteiger partial charge on any atom is 0.239 e. The molecular formula is C16H19N3OS. The third-order valence-electron chi connectivity index (χ3n) is 3.91. The molecule has 1 amide bonds. The minimum Gasteiger partial charge on any atom is -0.374 e. The molecule has 1 aliphatic heterocycles. The number of nitrogens with two attached hydrogens (primary N) is 1. The summed E-state index contributed by atoms with van der Waals surface area (Å²) in [4.78, 5) is 15.2. The smallest absolute Gasteiger partial charge is 0.239 e. The van der Waals surface area contributed by atoms with Crippen LogP contribution < -0.4 is 16.0 Å². The van der Waals surface area contributed by atoms with Gasteiger partial charge < -0.3 is 10.6 Å². The first-order valence-electron chi connectivity index (χ1n) is 7.04. The van der Waals surface area contributed by atoms with E-state index >= 15 is 0 Å². The minimum atomic E-state index is -0.441. The standard InChI is InChI=1S/C16H19N3OS/c1-19-7-6-11-9-12(4-5-14(11)19)15(16(17)20)18-10-13-3-2-8-21-13/h2-5,8-9,15,18H,6-7,10H2,1H3,(H2,17,20). The van der Waals surface area contributed by atoms with E-state index in [4.69, 9.17) is 5.73 Å². The van der Waals surface area contributed by atoms with Gasteiger partial charge in [0.1, 0.15) is 6.04 Å². The molecule has 1 aliphatic rings. The van der Waals surface area contributed by atoms with Crippen LogP contribution in [0.25, 0.3) is 0 Å². The molecule has 5 heteroatoms. The number of anilines is 1. The summed E-state index contributed by atoms with van der Waals surface area (Å²) in [7, 11) is 2.09. The predicted octanol–water partition coefficient (Wildman–Crippen LogP) is 2.06. The molecule has 1 aromatic carbocycles. The van der Waals surface area contributed by atoms with Gasteiger partial charge in [0.25, 0.3) is 0 Å². The number of hydrogen-bond donors (Lipinski definition) is 2. The molecule has 0 aliphatic carbocycles. The van der Waals surface area contributed by atoms with Gasteiger partial charge in [0.05, 0.1) is 0 Å². The molecule has 1 unspecified atom stereocenters. The molecule has 110 valence electrons.